The van der Waals surface area contributed by atoms with Gasteiger partial charge in [-0.3, -0.25) is 4.79 Å². The zero-order valence-electron chi connectivity index (χ0n) is 15.7. The summed E-state index contributed by atoms with van der Waals surface area (Å²) in [6.07, 6.45) is -0.760. The van der Waals surface area contributed by atoms with Crippen molar-refractivity contribution in [2.75, 3.05) is 18.5 Å². The third kappa shape index (κ3) is 7.00. The Balaban J connectivity index is 0.000000260. The lowest BCUT2D eigenvalue weighted by atomic mass is 10.0. The molecule has 0 saturated heterocycles. The molecule has 0 heterocycles. The average Bonchev–Trinajstić information content (AvgIpc) is 2.47. The van der Waals surface area contributed by atoms with Gasteiger partial charge in [-0.25, -0.2) is 4.79 Å². The highest BCUT2D eigenvalue weighted by atomic mass is 16.6. The summed E-state index contributed by atoms with van der Waals surface area (Å²) >= 11 is 0. The number of esters is 1. The summed E-state index contributed by atoms with van der Waals surface area (Å²) in [7, 11) is 0. The number of carbonyl (C=O) groups is 3. The maximum absolute atomic E-state index is 10.9. The number of nitrogens with one attached hydrogen (secondary N) is 2. The molecule has 8 heteroatoms. The van der Waals surface area contributed by atoms with Crippen LogP contribution < -0.4 is 15.7 Å². The first-order valence-corrected chi connectivity index (χ1v) is 8.27. The lowest BCUT2D eigenvalue weighted by Crippen LogP contribution is -2.47. The van der Waals surface area contributed by atoms with Gasteiger partial charge in [0.05, 0.1) is 18.6 Å². The topological polar surface area (TPSA) is 117 Å². The van der Waals surface area contributed by atoms with Gasteiger partial charge in [-0.15, -0.1) is 0 Å². The predicted octanol–water partition coefficient (Wildman–Crippen LogP) is 0.911. The molecule has 0 aromatic carbocycles. The van der Waals surface area contributed by atoms with E-state index >= 15 is 0 Å². The number of rotatable bonds is 6. The molecule has 0 saturated carbocycles. The minimum absolute atomic E-state index is 0.208. The molecule has 2 aliphatic carbocycles. The van der Waals surface area contributed by atoms with Crippen LogP contribution in [-0.2, 0) is 19.1 Å². The van der Waals surface area contributed by atoms with Gasteiger partial charge in [0.2, 0.25) is 0 Å². The van der Waals surface area contributed by atoms with Gasteiger partial charge < -0.3 is 30.0 Å². The molecule has 0 aromatic heterocycles. The lowest BCUT2D eigenvalue weighted by molar-refractivity contribution is -0.307. The molecule has 1 amide bonds. The molecule has 0 radical (unpaired) electrons. The van der Waals surface area contributed by atoms with Crippen molar-refractivity contribution in [3.63, 3.8) is 0 Å². The number of hydrogen-bond acceptors (Lipinski definition) is 7. The molecule has 1 atom stereocenters. The third-order valence-electron chi connectivity index (χ3n) is 3.15. The molecule has 2 aliphatic rings. The van der Waals surface area contributed by atoms with Crippen LogP contribution in [0.25, 0.3) is 0 Å². The molecular weight excluding hydrogens is 340 g/mol. The van der Waals surface area contributed by atoms with Crippen molar-refractivity contribution >= 4 is 23.7 Å². The molecule has 0 spiro atoms. The molecule has 144 valence electrons. The summed E-state index contributed by atoms with van der Waals surface area (Å²) in [6.45, 7) is 8.87. The predicted molar refractivity (Wildman–Crippen MR) is 93.1 cm³/mol. The van der Waals surface area contributed by atoms with Crippen LogP contribution in [0.5, 0.6) is 0 Å². The fourth-order valence-electron chi connectivity index (χ4n) is 1.86. The third-order valence-corrected chi connectivity index (χ3v) is 3.15. The van der Waals surface area contributed by atoms with Gasteiger partial charge in [0.15, 0.2) is 0 Å². The van der Waals surface area contributed by atoms with Crippen molar-refractivity contribution in [2.45, 2.75) is 46.3 Å². The summed E-state index contributed by atoms with van der Waals surface area (Å²) in [4.78, 5) is 32.1. The number of ether oxygens (including phenoxy) is 2. The maximum Gasteiger partial charge on any atom is 0.408 e. The van der Waals surface area contributed by atoms with Crippen molar-refractivity contribution < 1.29 is 29.0 Å². The average molecular weight is 365 g/mol. The van der Waals surface area contributed by atoms with E-state index < -0.39 is 23.7 Å². The summed E-state index contributed by atoms with van der Waals surface area (Å²) in [6, 6.07) is 5.05. The van der Waals surface area contributed by atoms with Crippen LogP contribution in [0.3, 0.4) is 0 Å². The minimum Gasteiger partial charge on any atom is -0.548 e. The fourth-order valence-corrected chi connectivity index (χ4v) is 1.86. The Morgan fingerprint density at radius 3 is 2.27 bits per heavy atom. The van der Waals surface area contributed by atoms with Crippen LogP contribution in [0, 0.1) is 10.4 Å². The normalized spacial score (nSPS) is 12.0. The van der Waals surface area contributed by atoms with E-state index in [-0.39, 0.29) is 12.5 Å². The Bertz CT molecular complexity index is 754. The number of aliphatic carboxylic acids is 1. The van der Waals surface area contributed by atoms with E-state index in [1.54, 1.807) is 27.7 Å². The van der Waals surface area contributed by atoms with Gasteiger partial charge in [-0.2, -0.15) is 0 Å². The van der Waals surface area contributed by atoms with Crippen molar-refractivity contribution in [3.8, 4) is 0 Å². The van der Waals surface area contributed by atoms with Crippen LogP contribution in [0.1, 0.15) is 34.6 Å². The highest BCUT2D eigenvalue weighted by Gasteiger charge is 2.17. The van der Waals surface area contributed by atoms with E-state index in [0.29, 0.717) is 6.61 Å². The van der Waals surface area contributed by atoms with Crippen LogP contribution in [0.15, 0.2) is 18.2 Å². The van der Waals surface area contributed by atoms with Crippen molar-refractivity contribution in [1.29, 1.82) is 0 Å². The van der Waals surface area contributed by atoms with Crippen molar-refractivity contribution in [3.05, 3.63) is 28.6 Å². The molecule has 0 fully saturated rings. The van der Waals surface area contributed by atoms with E-state index in [0.717, 1.165) is 5.69 Å². The second kappa shape index (κ2) is 9.07. The highest BCUT2D eigenvalue weighted by Crippen LogP contribution is 2.20. The molecule has 8 nitrogen and oxygen atoms in total. The second-order valence-electron chi connectivity index (χ2n) is 6.61. The Kier molecular flexibility index (Phi) is 7.42. The minimum atomic E-state index is -1.34. The number of anilines is 1. The lowest BCUT2D eigenvalue weighted by Gasteiger charge is -2.22. The number of alkyl carbamates (subject to hydrolysis) is 1. The van der Waals surface area contributed by atoms with Gasteiger partial charge in [0, 0.05) is 10.9 Å². The monoisotopic (exact) mass is 365 g/mol. The van der Waals surface area contributed by atoms with E-state index in [1.165, 1.54) is 17.4 Å². The molecule has 0 aromatic rings. The molecular formula is C18H25N2O6-. The maximum atomic E-state index is 10.9. The summed E-state index contributed by atoms with van der Waals surface area (Å²) in [5.74, 6) is -1.55. The molecule has 2 rings (SSSR count). The van der Waals surface area contributed by atoms with E-state index in [1.807, 2.05) is 18.2 Å². The van der Waals surface area contributed by atoms with Gasteiger partial charge in [-0.05, 0) is 45.9 Å². The Hall–Kier alpha value is -2.77. The molecule has 1 unspecified atom stereocenters. The molecule has 2 N–H and O–H groups in total. The number of benzene rings is 1. The number of carbonyl (C=O) groups excluding carboxylic acids is 3. The Morgan fingerprint density at radius 2 is 1.88 bits per heavy atom. The zero-order chi connectivity index (χ0) is 19.9. The standard InChI is InChI=1S/C10H11NO2.C8H15NO4/c1-2-13-10(12)6-11-9-5-7-3-4-8(7)9;1-5(6(10)11)9-7(12)13-8(2,3)4/h3-5,11H,2,6H2,1H3;5H,1-4H3,(H,9,12)(H,10,11)/p-1. The molecule has 26 heavy (non-hydrogen) atoms. The first-order valence-electron chi connectivity index (χ1n) is 8.27. The number of carboxylic acid groups (broad SMARTS) is 1. The number of carboxylic acids is 1. The number of amides is 1. The van der Waals surface area contributed by atoms with E-state index in [4.69, 9.17) is 9.47 Å². The van der Waals surface area contributed by atoms with E-state index in [9.17, 15) is 19.5 Å². The van der Waals surface area contributed by atoms with Crippen LogP contribution >= 0.6 is 0 Å². The van der Waals surface area contributed by atoms with Crippen molar-refractivity contribution in [1.82, 2.24) is 5.32 Å². The van der Waals surface area contributed by atoms with Gasteiger partial charge in [-0.1, -0.05) is 12.1 Å². The summed E-state index contributed by atoms with van der Waals surface area (Å²) < 4.78 is 9.60. The largest absolute Gasteiger partial charge is 0.548 e. The van der Waals surface area contributed by atoms with Gasteiger partial charge in [0.25, 0.3) is 0 Å². The quantitative estimate of drug-likeness (QED) is 0.731. The SMILES string of the molecule is CC(NC(=O)OC(C)(C)C)C(=O)[O-].CCOC(=O)CNc1cc2ccc1=2. The van der Waals surface area contributed by atoms with Gasteiger partial charge in [0.1, 0.15) is 12.1 Å². The second-order valence-corrected chi connectivity index (χ2v) is 6.61. The Labute approximate surface area is 152 Å². The smallest absolute Gasteiger partial charge is 0.408 e. The van der Waals surface area contributed by atoms with Crippen molar-refractivity contribution in [2.24, 2.45) is 0 Å². The van der Waals surface area contributed by atoms with Crippen LogP contribution in [0.4, 0.5) is 10.5 Å². The summed E-state index contributed by atoms with van der Waals surface area (Å²) in [5, 5.41) is 17.8. The molecule has 0 aliphatic heterocycles. The zero-order valence-corrected chi connectivity index (χ0v) is 15.7. The van der Waals surface area contributed by atoms with Crippen LogP contribution in [0.2, 0.25) is 0 Å². The summed E-state index contributed by atoms with van der Waals surface area (Å²) in [5.41, 5.74) is 0.418. The highest BCUT2D eigenvalue weighted by molar-refractivity contribution is 5.78. The van der Waals surface area contributed by atoms with Gasteiger partial charge >= 0.3 is 12.1 Å². The Morgan fingerprint density at radius 1 is 1.23 bits per heavy atom. The van der Waals surface area contributed by atoms with E-state index in [2.05, 4.69) is 10.6 Å². The van der Waals surface area contributed by atoms with Crippen LogP contribution in [-0.4, -0.2) is 42.8 Å². The number of hydrogen-bond donors (Lipinski definition) is 2. The fraction of sp³-hybridized carbons (Fsp3) is 0.500. The first kappa shape index (κ1) is 21.3. The first-order chi connectivity index (χ1) is 12.0. The molecule has 0 bridgehead atoms.